The van der Waals surface area contributed by atoms with Crippen molar-refractivity contribution in [3.05, 3.63) is 23.4 Å². The lowest BCUT2D eigenvalue weighted by molar-refractivity contribution is 0.318. The van der Waals surface area contributed by atoms with E-state index >= 15 is 0 Å². The highest BCUT2D eigenvalue weighted by atomic mass is 16.4. The van der Waals surface area contributed by atoms with Gasteiger partial charge >= 0.3 is 0 Å². The molecule has 0 aromatic carbocycles. The number of aromatic nitrogens is 1. The molecule has 0 saturated heterocycles. The van der Waals surface area contributed by atoms with Gasteiger partial charge in [0, 0.05) is 18.8 Å². The van der Waals surface area contributed by atoms with Crippen LogP contribution in [0.25, 0.3) is 0 Å². The van der Waals surface area contributed by atoms with Crippen LogP contribution in [0, 0.1) is 6.92 Å². The minimum atomic E-state index is 0.0959. The number of pyridine rings is 1. The largest absolute Gasteiger partial charge is 0.409 e. The fourth-order valence-electron chi connectivity index (χ4n) is 2.03. The zero-order valence-corrected chi connectivity index (χ0v) is 12.8. The minimum absolute atomic E-state index is 0.0959. The quantitative estimate of drug-likeness (QED) is 0.340. The van der Waals surface area contributed by atoms with Gasteiger partial charge in [-0.1, -0.05) is 5.16 Å². The lowest BCUT2D eigenvalue weighted by atomic mass is 10.2. The van der Waals surface area contributed by atoms with Crippen molar-refractivity contribution in [2.45, 2.75) is 20.3 Å². The van der Waals surface area contributed by atoms with Gasteiger partial charge in [-0.25, -0.2) is 4.98 Å². The third-order valence-electron chi connectivity index (χ3n) is 3.11. The van der Waals surface area contributed by atoms with Gasteiger partial charge in [0.25, 0.3) is 0 Å². The van der Waals surface area contributed by atoms with Crippen molar-refractivity contribution in [3.8, 4) is 0 Å². The second kappa shape index (κ2) is 7.69. The highest BCUT2D eigenvalue weighted by Crippen LogP contribution is 2.18. The van der Waals surface area contributed by atoms with E-state index in [0.717, 1.165) is 37.6 Å². The molecule has 0 spiro atoms. The molecule has 0 bridgehead atoms. The van der Waals surface area contributed by atoms with E-state index in [9.17, 15) is 0 Å². The van der Waals surface area contributed by atoms with Crippen LogP contribution in [0.2, 0.25) is 0 Å². The summed E-state index contributed by atoms with van der Waals surface area (Å²) in [5, 5.41) is 12.0. The van der Waals surface area contributed by atoms with Crippen LogP contribution in [-0.4, -0.2) is 54.7 Å². The first kappa shape index (κ1) is 16.2. The maximum absolute atomic E-state index is 8.90. The molecule has 1 aromatic heterocycles. The molecule has 1 heterocycles. The summed E-state index contributed by atoms with van der Waals surface area (Å²) in [4.78, 5) is 8.86. The van der Waals surface area contributed by atoms with Gasteiger partial charge < -0.3 is 20.7 Å². The molecule has 0 aliphatic rings. The van der Waals surface area contributed by atoms with Crippen molar-refractivity contribution < 1.29 is 5.21 Å². The average molecular weight is 279 g/mol. The number of oxime groups is 1. The first-order chi connectivity index (χ1) is 9.49. The Kier molecular flexibility index (Phi) is 6.24. The maximum Gasteiger partial charge on any atom is 0.173 e. The molecular weight excluding hydrogens is 254 g/mol. The van der Waals surface area contributed by atoms with Gasteiger partial charge in [-0.05, 0) is 53.0 Å². The van der Waals surface area contributed by atoms with E-state index in [0.29, 0.717) is 5.56 Å². The summed E-state index contributed by atoms with van der Waals surface area (Å²) in [6.07, 6.45) is 1.03. The second-order valence-corrected chi connectivity index (χ2v) is 5.05. The summed E-state index contributed by atoms with van der Waals surface area (Å²) in [7, 11) is 4.12. The molecule has 0 saturated carbocycles. The van der Waals surface area contributed by atoms with Gasteiger partial charge in [0.1, 0.15) is 5.82 Å². The first-order valence-corrected chi connectivity index (χ1v) is 6.84. The van der Waals surface area contributed by atoms with Crippen LogP contribution in [0.5, 0.6) is 0 Å². The van der Waals surface area contributed by atoms with Crippen molar-refractivity contribution in [2.75, 3.05) is 38.6 Å². The maximum atomic E-state index is 8.90. The molecule has 0 fully saturated rings. The van der Waals surface area contributed by atoms with Crippen LogP contribution in [0.3, 0.4) is 0 Å². The number of rotatable bonds is 7. The van der Waals surface area contributed by atoms with Gasteiger partial charge in [0.05, 0.1) is 5.56 Å². The predicted octanol–water partition coefficient (Wildman–Crippen LogP) is 1.26. The normalized spacial score (nSPS) is 11.9. The lowest BCUT2D eigenvalue weighted by Crippen LogP contribution is -2.30. The molecule has 6 nitrogen and oxygen atoms in total. The predicted molar refractivity (Wildman–Crippen MR) is 82.5 cm³/mol. The van der Waals surface area contributed by atoms with Crippen molar-refractivity contribution in [1.82, 2.24) is 9.88 Å². The molecule has 0 atom stereocenters. The van der Waals surface area contributed by atoms with Gasteiger partial charge in [-0.2, -0.15) is 0 Å². The summed E-state index contributed by atoms with van der Waals surface area (Å²) >= 11 is 0. The van der Waals surface area contributed by atoms with E-state index in [1.54, 1.807) is 0 Å². The van der Waals surface area contributed by atoms with Crippen LogP contribution >= 0.6 is 0 Å². The third kappa shape index (κ3) is 4.38. The zero-order chi connectivity index (χ0) is 15.1. The molecule has 6 heteroatoms. The minimum Gasteiger partial charge on any atom is -0.409 e. The van der Waals surface area contributed by atoms with Crippen LogP contribution in [0.15, 0.2) is 17.3 Å². The van der Waals surface area contributed by atoms with Crippen molar-refractivity contribution in [1.29, 1.82) is 0 Å². The number of aryl methyl sites for hydroxylation is 1. The second-order valence-electron chi connectivity index (χ2n) is 5.05. The molecule has 0 aliphatic carbocycles. The third-order valence-corrected chi connectivity index (χ3v) is 3.11. The molecule has 0 aliphatic heterocycles. The van der Waals surface area contributed by atoms with E-state index in [4.69, 9.17) is 10.9 Å². The monoisotopic (exact) mass is 279 g/mol. The van der Waals surface area contributed by atoms with Crippen LogP contribution < -0.4 is 10.6 Å². The SMILES string of the molecule is CCN(CCCN(C)C)c1nc(C)ccc1/C(N)=N/O. The number of hydrogen-bond donors (Lipinski definition) is 2. The number of anilines is 1. The summed E-state index contributed by atoms with van der Waals surface area (Å²) < 4.78 is 0. The Balaban J connectivity index is 2.98. The van der Waals surface area contributed by atoms with E-state index in [1.165, 1.54) is 0 Å². The van der Waals surface area contributed by atoms with Crippen molar-refractivity contribution in [3.63, 3.8) is 0 Å². The lowest BCUT2D eigenvalue weighted by Gasteiger charge is -2.25. The number of amidine groups is 1. The van der Waals surface area contributed by atoms with Crippen molar-refractivity contribution in [2.24, 2.45) is 10.9 Å². The van der Waals surface area contributed by atoms with E-state index in [1.807, 2.05) is 19.1 Å². The Hall–Kier alpha value is -1.82. The Morgan fingerprint density at radius 3 is 2.60 bits per heavy atom. The molecular formula is C14H25N5O. The van der Waals surface area contributed by atoms with E-state index in [2.05, 4.69) is 41.0 Å². The molecule has 0 unspecified atom stereocenters. The summed E-state index contributed by atoms with van der Waals surface area (Å²) in [6, 6.07) is 3.71. The fraction of sp³-hybridized carbons (Fsp3) is 0.571. The molecule has 112 valence electrons. The zero-order valence-electron chi connectivity index (χ0n) is 12.8. The Bertz CT molecular complexity index is 459. The number of nitrogens with zero attached hydrogens (tertiary/aromatic N) is 4. The molecule has 0 radical (unpaired) electrons. The summed E-state index contributed by atoms with van der Waals surface area (Å²) in [5.41, 5.74) is 7.33. The fourth-order valence-corrected chi connectivity index (χ4v) is 2.03. The van der Waals surface area contributed by atoms with Gasteiger partial charge in [0.15, 0.2) is 5.84 Å². The van der Waals surface area contributed by atoms with Gasteiger partial charge in [-0.3, -0.25) is 0 Å². The molecule has 3 N–H and O–H groups in total. The highest BCUT2D eigenvalue weighted by Gasteiger charge is 2.14. The van der Waals surface area contributed by atoms with Gasteiger partial charge in [0.2, 0.25) is 0 Å². The van der Waals surface area contributed by atoms with E-state index in [-0.39, 0.29) is 5.84 Å². The topological polar surface area (TPSA) is 78.0 Å². The average Bonchev–Trinajstić information content (AvgIpc) is 2.42. The smallest absolute Gasteiger partial charge is 0.173 e. The molecule has 0 amide bonds. The Morgan fingerprint density at radius 2 is 2.05 bits per heavy atom. The number of nitrogens with two attached hydrogens (primary N) is 1. The van der Waals surface area contributed by atoms with Crippen LogP contribution in [0.1, 0.15) is 24.6 Å². The van der Waals surface area contributed by atoms with Crippen molar-refractivity contribution >= 4 is 11.7 Å². The van der Waals surface area contributed by atoms with Crippen LogP contribution in [0.4, 0.5) is 5.82 Å². The standard InChI is InChI=1S/C14H25N5O/c1-5-19(10-6-9-18(3)4)14-12(13(15)17-20)8-7-11(2)16-14/h7-8,20H,5-6,9-10H2,1-4H3,(H2,15,17). The van der Waals surface area contributed by atoms with Gasteiger partial charge in [-0.15, -0.1) is 0 Å². The molecule has 1 rings (SSSR count). The highest BCUT2D eigenvalue weighted by molar-refractivity contribution is 6.01. The Morgan fingerprint density at radius 1 is 1.35 bits per heavy atom. The summed E-state index contributed by atoms with van der Waals surface area (Å²) in [6.45, 7) is 6.75. The number of hydrogen-bond acceptors (Lipinski definition) is 5. The first-order valence-electron chi connectivity index (χ1n) is 6.84. The van der Waals surface area contributed by atoms with Crippen LogP contribution in [-0.2, 0) is 0 Å². The molecule has 1 aromatic rings. The molecule has 20 heavy (non-hydrogen) atoms. The Labute approximate surface area is 120 Å². The van der Waals surface area contributed by atoms with E-state index < -0.39 is 0 Å². The summed E-state index contributed by atoms with van der Waals surface area (Å²) in [5.74, 6) is 0.875.